The minimum Gasteiger partial charge on any atom is -0.391 e. The zero-order valence-corrected chi connectivity index (χ0v) is 13.9. The summed E-state index contributed by atoms with van der Waals surface area (Å²) in [6.45, 7) is 3.83. The van der Waals surface area contributed by atoms with Crippen molar-refractivity contribution in [3.63, 3.8) is 0 Å². The van der Waals surface area contributed by atoms with Crippen LogP contribution < -0.4 is 5.32 Å². The second-order valence-electron chi connectivity index (χ2n) is 6.89. The number of amides is 1. The summed E-state index contributed by atoms with van der Waals surface area (Å²) < 4.78 is 0. The van der Waals surface area contributed by atoms with E-state index in [0.717, 1.165) is 50.9 Å². The molecule has 5 nitrogen and oxygen atoms in total. The van der Waals surface area contributed by atoms with Gasteiger partial charge in [0.1, 0.15) is 0 Å². The first kappa shape index (κ1) is 16.4. The van der Waals surface area contributed by atoms with Crippen LogP contribution >= 0.6 is 0 Å². The van der Waals surface area contributed by atoms with E-state index in [1.54, 1.807) is 6.20 Å². The third-order valence-corrected chi connectivity index (χ3v) is 5.20. The molecular formula is C18H27N3O2. The number of piperidine rings is 1. The average Bonchev–Trinajstić information content (AvgIpc) is 2.57. The van der Waals surface area contributed by atoms with Crippen LogP contribution in [0.15, 0.2) is 18.3 Å². The Morgan fingerprint density at radius 3 is 2.61 bits per heavy atom. The van der Waals surface area contributed by atoms with Gasteiger partial charge in [0.25, 0.3) is 5.91 Å². The molecule has 2 N–H and O–H groups in total. The molecule has 0 aromatic carbocycles. The molecule has 126 valence electrons. The lowest BCUT2D eigenvalue weighted by molar-refractivity contribution is 0.00727. The van der Waals surface area contributed by atoms with Gasteiger partial charge in [-0.15, -0.1) is 0 Å². The Kier molecular flexibility index (Phi) is 5.28. The molecule has 0 spiro atoms. The Bertz CT molecular complexity index is 524. The Balaban J connectivity index is 1.49. The fourth-order valence-electron chi connectivity index (χ4n) is 3.76. The molecule has 1 aromatic rings. The summed E-state index contributed by atoms with van der Waals surface area (Å²) in [7, 11) is 0. The molecule has 23 heavy (non-hydrogen) atoms. The quantitative estimate of drug-likeness (QED) is 0.893. The van der Waals surface area contributed by atoms with Gasteiger partial charge in [0.15, 0.2) is 0 Å². The van der Waals surface area contributed by atoms with Gasteiger partial charge in [-0.1, -0.05) is 12.8 Å². The number of hydrogen-bond acceptors (Lipinski definition) is 4. The first-order valence-electron chi connectivity index (χ1n) is 8.79. The molecule has 1 saturated carbocycles. The molecule has 1 aromatic heterocycles. The van der Waals surface area contributed by atoms with Crippen molar-refractivity contribution >= 4 is 5.91 Å². The number of aliphatic hydroxyl groups excluding tert-OH is 1. The second kappa shape index (κ2) is 7.41. The normalized spacial score (nSPS) is 26.9. The van der Waals surface area contributed by atoms with Crippen LogP contribution in [0.25, 0.3) is 0 Å². The lowest BCUT2D eigenvalue weighted by Crippen LogP contribution is -2.52. The summed E-state index contributed by atoms with van der Waals surface area (Å²) in [4.78, 5) is 18.8. The number of carbonyl (C=O) groups excluding carboxylic acids is 1. The topological polar surface area (TPSA) is 65.5 Å². The van der Waals surface area contributed by atoms with E-state index in [4.69, 9.17) is 0 Å². The summed E-state index contributed by atoms with van der Waals surface area (Å²) >= 11 is 0. The van der Waals surface area contributed by atoms with E-state index in [-0.39, 0.29) is 18.1 Å². The highest BCUT2D eigenvalue weighted by Crippen LogP contribution is 2.25. The molecule has 1 aliphatic heterocycles. The maximum absolute atomic E-state index is 12.3. The number of aryl methyl sites for hydroxylation is 1. The van der Waals surface area contributed by atoms with Gasteiger partial charge >= 0.3 is 0 Å². The molecule has 2 heterocycles. The minimum absolute atomic E-state index is 0.0337. The van der Waals surface area contributed by atoms with Crippen LogP contribution in [0.1, 0.15) is 54.6 Å². The maximum Gasteiger partial charge on any atom is 0.253 e. The second-order valence-corrected chi connectivity index (χ2v) is 6.89. The standard InChI is InChI=1S/C18H27N3O2/c1-13-6-7-14(12-19-13)18(23)20-15-8-10-21(11-9-15)16-4-2-3-5-17(16)22/h6-7,12,15-17,22H,2-5,8-11H2,1H3,(H,20,23). The monoisotopic (exact) mass is 317 g/mol. The van der Waals surface area contributed by atoms with E-state index in [1.807, 2.05) is 19.1 Å². The van der Waals surface area contributed by atoms with Gasteiger partial charge in [0.05, 0.1) is 11.7 Å². The average molecular weight is 317 g/mol. The molecule has 2 fully saturated rings. The van der Waals surface area contributed by atoms with E-state index in [9.17, 15) is 9.90 Å². The Morgan fingerprint density at radius 1 is 1.22 bits per heavy atom. The molecule has 1 amide bonds. The lowest BCUT2D eigenvalue weighted by Gasteiger charge is -2.41. The number of likely N-dealkylation sites (tertiary alicyclic amines) is 1. The van der Waals surface area contributed by atoms with E-state index < -0.39 is 0 Å². The lowest BCUT2D eigenvalue weighted by atomic mass is 9.89. The summed E-state index contributed by atoms with van der Waals surface area (Å²) in [5.41, 5.74) is 1.54. The molecule has 0 bridgehead atoms. The van der Waals surface area contributed by atoms with Crippen molar-refractivity contribution in [1.29, 1.82) is 0 Å². The van der Waals surface area contributed by atoms with Crippen molar-refractivity contribution in [3.8, 4) is 0 Å². The molecule has 2 atom stereocenters. The maximum atomic E-state index is 12.3. The zero-order valence-electron chi connectivity index (χ0n) is 13.9. The van der Waals surface area contributed by atoms with Gasteiger partial charge < -0.3 is 10.4 Å². The molecular weight excluding hydrogens is 290 g/mol. The predicted octanol–water partition coefficient (Wildman–Crippen LogP) is 1.89. The van der Waals surface area contributed by atoms with Crippen molar-refractivity contribution in [2.24, 2.45) is 0 Å². The summed E-state index contributed by atoms with van der Waals surface area (Å²) in [6.07, 6.45) is 7.78. The molecule has 3 rings (SSSR count). The van der Waals surface area contributed by atoms with Crippen LogP contribution in [-0.4, -0.2) is 52.2 Å². The minimum atomic E-state index is -0.173. The van der Waals surface area contributed by atoms with Crippen LogP contribution in [0.3, 0.4) is 0 Å². The van der Waals surface area contributed by atoms with Crippen molar-refractivity contribution in [2.45, 2.75) is 63.6 Å². The van der Waals surface area contributed by atoms with Crippen LogP contribution in [-0.2, 0) is 0 Å². The van der Waals surface area contributed by atoms with Gasteiger partial charge in [-0.25, -0.2) is 0 Å². The zero-order chi connectivity index (χ0) is 16.2. The number of carbonyl (C=O) groups is 1. The van der Waals surface area contributed by atoms with Crippen molar-refractivity contribution < 1.29 is 9.90 Å². The first-order valence-corrected chi connectivity index (χ1v) is 8.79. The number of aliphatic hydroxyl groups is 1. The first-order chi connectivity index (χ1) is 11.1. The van der Waals surface area contributed by atoms with E-state index >= 15 is 0 Å². The molecule has 2 unspecified atom stereocenters. The highest BCUT2D eigenvalue weighted by atomic mass is 16.3. The van der Waals surface area contributed by atoms with Crippen molar-refractivity contribution in [2.75, 3.05) is 13.1 Å². The molecule has 0 radical (unpaired) electrons. The third kappa shape index (κ3) is 4.09. The SMILES string of the molecule is Cc1ccc(C(=O)NC2CCN(C3CCCCC3O)CC2)cn1. The largest absolute Gasteiger partial charge is 0.391 e. The van der Waals surface area contributed by atoms with E-state index in [2.05, 4.69) is 15.2 Å². The number of hydrogen-bond donors (Lipinski definition) is 2. The summed E-state index contributed by atoms with van der Waals surface area (Å²) in [5.74, 6) is -0.0337. The van der Waals surface area contributed by atoms with Crippen LogP contribution in [0.2, 0.25) is 0 Å². The van der Waals surface area contributed by atoms with Crippen LogP contribution in [0.5, 0.6) is 0 Å². The number of pyridine rings is 1. The fourth-order valence-corrected chi connectivity index (χ4v) is 3.76. The molecule has 1 aliphatic carbocycles. The summed E-state index contributed by atoms with van der Waals surface area (Å²) in [5, 5.41) is 13.3. The molecule has 5 heteroatoms. The van der Waals surface area contributed by atoms with Gasteiger partial charge in [0, 0.05) is 37.1 Å². The van der Waals surface area contributed by atoms with Gasteiger partial charge in [-0.2, -0.15) is 0 Å². The molecule has 2 aliphatic rings. The van der Waals surface area contributed by atoms with Crippen molar-refractivity contribution in [3.05, 3.63) is 29.6 Å². The Labute approximate surface area is 138 Å². The van der Waals surface area contributed by atoms with Gasteiger partial charge in [-0.3, -0.25) is 14.7 Å². The van der Waals surface area contributed by atoms with Gasteiger partial charge in [0.2, 0.25) is 0 Å². The molecule has 1 saturated heterocycles. The Morgan fingerprint density at radius 2 is 1.96 bits per heavy atom. The highest BCUT2D eigenvalue weighted by Gasteiger charge is 2.31. The Hall–Kier alpha value is -1.46. The van der Waals surface area contributed by atoms with Crippen LogP contribution in [0.4, 0.5) is 0 Å². The number of nitrogens with one attached hydrogen (secondary N) is 1. The number of rotatable bonds is 3. The predicted molar refractivity (Wildman–Crippen MR) is 89.3 cm³/mol. The van der Waals surface area contributed by atoms with Crippen LogP contribution in [0, 0.1) is 6.92 Å². The van der Waals surface area contributed by atoms with E-state index in [0.29, 0.717) is 11.6 Å². The smallest absolute Gasteiger partial charge is 0.253 e. The third-order valence-electron chi connectivity index (χ3n) is 5.20. The number of aromatic nitrogens is 1. The van der Waals surface area contributed by atoms with Crippen molar-refractivity contribution in [1.82, 2.24) is 15.2 Å². The van der Waals surface area contributed by atoms with E-state index in [1.165, 1.54) is 6.42 Å². The summed E-state index contributed by atoms with van der Waals surface area (Å²) in [6, 6.07) is 4.23. The van der Waals surface area contributed by atoms with Gasteiger partial charge in [-0.05, 0) is 44.7 Å². The highest BCUT2D eigenvalue weighted by molar-refractivity contribution is 5.94. The fraction of sp³-hybridized carbons (Fsp3) is 0.667. The number of nitrogens with zero attached hydrogens (tertiary/aromatic N) is 2.